The Morgan fingerprint density at radius 2 is 2.44 bits per heavy atom. The molecule has 0 radical (unpaired) electrons. The van der Waals surface area contributed by atoms with Gasteiger partial charge in [0, 0.05) is 16.7 Å². The van der Waals surface area contributed by atoms with Crippen molar-refractivity contribution >= 4 is 33.4 Å². The maximum absolute atomic E-state index is 8.76. The van der Waals surface area contributed by atoms with Gasteiger partial charge in [0.1, 0.15) is 0 Å². The van der Waals surface area contributed by atoms with Crippen molar-refractivity contribution in [2.45, 2.75) is 6.42 Å². The third-order valence-electron chi connectivity index (χ3n) is 2.70. The Morgan fingerprint density at radius 1 is 1.56 bits per heavy atom. The minimum absolute atomic E-state index is 0.689. The number of nitrogens with one attached hydrogen (secondary N) is 1. The highest BCUT2D eigenvalue weighted by Crippen LogP contribution is 2.27. The normalized spacial score (nSPS) is 19.4. The Hall–Kier alpha value is -0.660. The van der Waals surface area contributed by atoms with E-state index in [9.17, 15) is 0 Å². The number of halogens is 1. The van der Waals surface area contributed by atoms with Crippen molar-refractivity contribution in [2.75, 3.05) is 23.4 Å². The van der Waals surface area contributed by atoms with E-state index >= 15 is 0 Å². The molecule has 1 unspecified atom stereocenters. The summed E-state index contributed by atoms with van der Waals surface area (Å²) in [6, 6.07) is 7.79. The molecule has 0 aromatic heterocycles. The molecule has 1 heterocycles. The van der Waals surface area contributed by atoms with Crippen LogP contribution < -0.4 is 5.32 Å². The Labute approximate surface area is 109 Å². The van der Waals surface area contributed by atoms with E-state index in [1.165, 1.54) is 17.9 Å². The Morgan fingerprint density at radius 3 is 3.06 bits per heavy atom. The minimum Gasteiger partial charge on any atom is -0.384 e. The molecule has 84 valence electrons. The predicted octanol–water partition coefficient (Wildman–Crippen LogP) is 3.49. The number of anilines is 1. The van der Waals surface area contributed by atoms with Crippen LogP contribution in [0.25, 0.3) is 0 Å². The molecule has 1 aromatic rings. The van der Waals surface area contributed by atoms with E-state index in [1.54, 1.807) is 0 Å². The third kappa shape index (κ3) is 2.93. The molecule has 1 aromatic carbocycles. The maximum Gasteiger partial charge on any atom is 0.0992 e. The zero-order chi connectivity index (χ0) is 11.4. The number of thioether (sulfide) groups is 1. The molecule has 0 amide bonds. The van der Waals surface area contributed by atoms with Gasteiger partial charge < -0.3 is 5.32 Å². The molecule has 1 atom stereocenters. The molecule has 16 heavy (non-hydrogen) atoms. The van der Waals surface area contributed by atoms with Crippen LogP contribution in [0.3, 0.4) is 0 Å². The van der Waals surface area contributed by atoms with Gasteiger partial charge in [0.25, 0.3) is 0 Å². The van der Waals surface area contributed by atoms with Crippen molar-refractivity contribution < 1.29 is 0 Å². The Bertz CT molecular complexity index is 408. The summed E-state index contributed by atoms with van der Waals surface area (Å²) in [7, 11) is 0. The molecule has 1 aliphatic heterocycles. The molecule has 2 rings (SSSR count). The lowest BCUT2D eigenvalue weighted by molar-refractivity contribution is 0.631. The SMILES string of the molecule is N#Cc1ccc(NCC2CCSC2)c(Br)c1. The molecule has 0 spiro atoms. The number of benzene rings is 1. The van der Waals surface area contributed by atoms with E-state index in [-0.39, 0.29) is 0 Å². The largest absolute Gasteiger partial charge is 0.384 e. The first kappa shape index (κ1) is 11.8. The Kier molecular flexibility index (Phi) is 4.14. The summed E-state index contributed by atoms with van der Waals surface area (Å²) in [4.78, 5) is 0. The lowest BCUT2D eigenvalue weighted by Crippen LogP contribution is -2.13. The van der Waals surface area contributed by atoms with E-state index < -0.39 is 0 Å². The van der Waals surface area contributed by atoms with Crippen LogP contribution in [-0.4, -0.2) is 18.1 Å². The fourth-order valence-electron chi connectivity index (χ4n) is 1.73. The highest BCUT2D eigenvalue weighted by molar-refractivity contribution is 9.10. The van der Waals surface area contributed by atoms with E-state index in [1.807, 2.05) is 30.0 Å². The summed E-state index contributed by atoms with van der Waals surface area (Å²) < 4.78 is 0.970. The standard InChI is InChI=1S/C12H13BrN2S/c13-11-5-9(6-14)1-2-12(11)15-7-10-3-4-16-8-10/h1-2,5,10,15H,3-4,7-8H2. The van der Waals surface area contributed by atoms with Gasteiger partial charge in [-0.1, -0.05) is 0 Å². The number of rotatable bonds is 3. The van der Waals surface area contributed by atoms with Crippen LogP contribution in [0.4, 0.5) is 5.69 Å². The number of nitriles is 1. The van der Waals surface area contributed by atoms with Crippen molar-refractivity contribution in [1.29, 1.82) is 5.26 Å². The number of nitrogens with zero attached hydrogens (tertiary/aromatic N) is 1. The molecule has 1 saturated heterocycles. The second kappa shape index (κ2) is 5.60. The average molecular weight is 297 g/mol. The molecule has 1 fully saturated rings. The van der Waals surface area contributed by atoms with Crippen molar-refractivity contribution in [2.24, 2.45) is 5.92 Å². The monoisotopic (exact) mass is 296 g/mol. The van der Waals surface area contributed by atoms with Gasteiger partial charge in [-0.3, -0.25) is 0 Å². The molecule has 0 bridgehead atoms. The summed E-state index contributed by atoms with van der Waals surface area (Å²) in [6.45, 7) is 1.03. The Balaban J connectivity index is 1.96. The molecule has 2 nitrogen and oxygen atoms in total. The van der Waals surface area contributed by atoms with Crippen LogP contribution >= 0.6 is 27.7 Å². The van der Waals surface area contributed by atoms with E-state index in [0.29, 0.717) is 5.56 Å². The average Bonchev–Trinajstić information content (AvgIpc) is 2.80. The lowest BCUT2D eigenvalue weighted by atomic mass is 10.1. The second-order valence-corrected chi connectivity index (χ2v) is 5.92. The predicted molar refractivity (Wildman–Crippen MR) is 72.8 cm³/mol. The van der Waals surface area contributed by atoms with Crippen LogP contribution in [0.15, 0.2) is 22.7 Å². The quantitative estimate of drug-likeness (QED) is 0.927. The minimum atomic E-state index is 0.689. The van der Waals surface area contributed by atoms with E-state index in [2.05, 4.69) is 27.3 Å². The zero-order valence-corrected chi connectivity index (χ0v) is 11.3. The maximum atomic E-state index is 8.76. The van der Waals surface area contributed by atoms with Gasteiger partial charge in [0.05, 0.1) is 11.6 Å². The van der Waals surface area contributed by atoms with Crippen molar-refractivity contribution in [3.05, 3.63) is 28.2 Å². The van der Waals surface area contributed by atoms with E-state index in [4.69, 9.17) is 5.26 Å². The fourth-order valence-corrected chi connectivity index (χ4v) is 3.53. The van der Waals surface area contributed by atoms with Gasteiger partial charge in [-0.2, -0.15) is 17.0 Å². The smallest absolute Gasteiger partial charge is 0.0992 e. The first-order valence-corrected chi connectivity index (χ1v) is 7.25. The van der Waals surface area contributed by atoms with Crippen LogP contribution in [0.5, 0.6) is 0 Å². The summed E-state index contributed by atoms with van der Waals surface area (Å²) in [6.07, 6.45) is 1.31. The van der Waals surface area contributed by atoms with Crippen molar-refractivity contribution in [3.63, 3.8) is 0 Å². The van der Waals surface area contributed by atoms with Gasteiger partial charge >= 0.3 is 0 Å². The zero-order valence-electron chi connectivity index (χ0n) is 8.87. The summed E-state index contributed by atoms with van der Waals surface area (Å²) in [5.74, 6) is 3.34. The fraction of sp³-hybridized carbons (Fsp3) is 0.417. The van der Waals surface area contributed by atoms with Crippen LogP contribution in [0.1, 0.15) is 12.0 Å². The van der Waals surface area contributed by atoms with Crippen molar-refractivity contribution in [3.8, 4) is 6.07 Å². The van der Waals surface area contributed by atoms with Crippen LogP contribution in [-0.2, 0) is 0 Å². The van der Waals surface area contributed by atoms with Gasteiger partial charge in [-0.05, 0) is 58.0 Å². The van der Waals surface area contributed by atoms with Gasteiger partial charge in [-0.15, -0.1) is 0 Å². The number of hydrogen-bond donors (Lipinski definition) is 1. The summed E-state index contributed by atoms with van der Waals surface area (Å²) >= 11 is 5.51. The summed E-state index contributed by atoms with van der Waals surface area (Å²) in [5.41, 5.74) is 1.77. The molecular formula is C12H13BrN2S. The van der Waals surface area contributed by atoms with Crippen LogP contribution in [0.2, 0.25) is 0 Å². The molecule has 1 N–H and O–H groups in total. The lowest BCUT2D eigenvalue weighted by Gasteiger charge is -2.12. The molecule has 1 aliphatic rings. The molecule has 0 aliphatic carbocycles. The van der Waals surface area contributed by atoms with E-state index in [0.717, 1.165) is 22.6 Å². The highest BCUT2D eigenvalue weighted by Gasteiger charge is 2.15. The van der Waals surface area contributed by atoms with Crippen LogP contribution in [0, 0.1) is 17.2 Å². The molecule has 4 heteroatoms. The van der Waals surface area contributed by atoms with Gasteiger partial charge in [0.2, 0.25) is 0 Å². The molecular weight excluding hydrogens is 284 g/mol. The first-order chi connectivity index (χ1) is 7.79. The summed E-state index contributed by atoms with van der Waals surface area (Å²) in [5, 5.41) is 12.2. The second-order valence-electron chi connectivity index (χ2n) is 3.92. The van der Waals surface area contributed by atoms with Gasteiger partial charge in [0.15, 0.2) is 0 Å². The van der Waals surface area contributed by atoms with Crippen molar-refractivity contribution in [1.82, 2.24) is 0 Å². The third-order valence-corrected chi connectivity index (χ3v) is 4.59. The van der Waals surface area contributed by atoms with Gasteiger partial charge in [-0.25, -0.2) is 0 Å². The topological polar surface area (TPSA) is 35.8 Å². The highest BCUT2D eigenvalue weighted by atomic mass is 79.9. The molecule has 0 saturated carbocycles. The number of hydrogen-bond acceptors (Lipinski definition) is 3. The first-order valence-electron chi connectivity index (χ1n) is 5.31.